The van der Waals surface area contributed by atoms with Gasteiger partial charge in [0.1, 0.15) is 6.54 Å². The van der Waals surface area contributed by atoms with Crippen LogP contribution in [0.3, 0.4) is 0 Å². The quantitative estimate of drug-likeness (QED) is 0.316. The summed E-state index contributed by atoms with van der Waals surface area (Å²) in [5.74, 6) is -0.880. The monoisotopic (exact) mass is 575 g/mol. The average Bonchev–Trinajstić information content (AvgIpc) is 3.14. The van der Waals surface area contributed by atoms with Crippen molar-refractivity contribution in [2.75, 3.05) is 18.0 Å². The van der Waals surface area contributed by atoms with Gasteiger partial charge in [0.25, 0.3) is 0 Å². The Bertz CT molecular complexity index is 1340. The molecule has 15 heteroatoms. The molecule has 0 fully saturated rings. The van der Waals surface area contributed by atoms with Gasteiger partial charge in [-0.2, -0.15) is 13.2 Å². The molecule has 0 saturated carbocycles. The molecule has 2 aromatic carbocycles. The summed E-state index contributed by atoms with van der Waals surface area (Å²) in [5, 5.41) is 26.1. The van der Waals surface area contributed by atoms with Gasteiger partial charge in [-0.1, -0.05) is 35.3 Å². The van der Waals surface area contributed by atoms with E-state index in [0.717, 1.165) is 4.90 Å². The number of aliphatic hydroxyl groups excluding tert-OH is 1. The van der Waals surface area contributed by atoms with Crippen LogP contribution >= 0.6 is 23.2 Å². The molecule has 0 bridgehead atoms. The summed E-state index contributed by atoms with van der Waals surface area (Å²) in [5.41, 5.74) is -0.515. The SMILES string of the molecule is O=C(Cn1nc(-c2ccc(Cl)cc2)n(C[C@H](O)C(F)(F)F)c1=O)NCCCN(C(=O)O)c1ccccc1Cl. The number of aliphatic hydroxyl groups is 1. The number of hydrogen-bond donors (Lipinski definition) is 3. The highest BCUT2D eigenvalue weighted by Crippen LogP contribution is 2.26. The number of para-hydroxylation sites is 1. The van der Waals surface area contributed by atoms with Crippen LogP contribution in [0.15, 0.2) is 53.3 Å². The van der Waals surface area contributed by atoms with Crippen molar-refractivity contribution in [2.45, 2.75) is 31.8 Å². The number of benzene rings is 2. The van der Waals surface area contributed by atoms with Gasteiger partial charge in [0, 0.05) is 23.7 Å². The summed E-state index contributed by atoms with van der Waals surface area (Å²) in [6, 6.07) is 12.1. The second-order valence-corrected chi connectivity index (χ2v) is 8.87. The molecule has 2 amide bonds. The van der Waals surface area contributed by atoms with E-state index in [2.05, 4.69) is 10.4 Å². The second kappa shape index (κ2) is 12.3. The van der Waals surface area contributed by atoms with Crippen LogP contribution in [0.4, 0.5) is 23.7 Å². The largest absolute Gasteiger partial charge is 0.465 e. The second-order valence-electron chi connectivity index (χ2n) is 8.03. The maximum atomic E-state index is 13.0. The Hall–Kier alpha value is -3.55. The van der Waals surface area contributed by atoms with E-state index in [1.54, 1.807) is 12.1 Å². The standard InChI is InChI=1S/C23H22Cl2F3N5O5/c24-15-8-6-14(7-9-15)20-30-33(21(36)32(20)12-18(34)23(26,27)28)13-19(35)29-10-3-11-31(22(37)38)17-5-2-1-4-16(17)25/h1-2,4-9,18,34H,3,10-13H2,(H,29,35)(H,37,38)/t18-/m0/s1. The van der Waals surface area contributed by atoms with Crippen molar-refractivity contribution >= 4 is 40.9 Å². The fraction of sp³-hybridized carbons (Fsp3) is 0.304. The molecule has 0 unspecified atom stereocenters. The minimum absolute atomic E-state index is 0.00394. The van der Waals surface area contributed by atoms with Crippen LogP contribution in [0, 0.1) is 0 Å². The van der Waals surface area contributed by atoms with Crippen LogP contribution in [0.1, 0.15) is 6.42 Å². The molecule has 1 aromatic heterocycles. The predicted molar refractivity (Wildman–Crippen MR) is 133 cm³/mol. The Morgan fingerprint density at radius 3 is 2.37 bits per heavy atom. The molecule has 204 valence electrons. The summed E-state index contributed by atoms with van der Waals surface area (Å²) in [6.45, 7) is -1.72. The number of rotatable bonds is 10. The van der Waals surface area contributed by atoms with Crippen LogP contribution in [0.2, 0.25) is 10.0 Å². The molecule has 0 aliphatic rings. The van der Waals surface area contributed by atoms with Crippen molar-refractivity contribution in [3.63, 3.8) is 0 Å². The van der Waals surface area contributed by atoms with Gasteiger partial charge in [0.15, 0.2) is 11.9 Å². The average molecular weight is 576 g/mol. The molecule has 0 aliphatic heterocycles. The Kier molecular flexibility index (Phi) is 9.41. The van der Waals surface area contributed by atoms with Gasteiger partial charge >= 0.3 is 18.0 Å². The molecular weight excluding hydrogens is 554 g/mol. The van der Waals surface area contributed by atoms with Gasteiger partial charge in [-0.15, -0.1) is 5.10 Å². The third-order valence-corrected chi connectivity index (χ3v) is 5.88. The van der Waals surface area contributed by atoms with E-state index in [1.165, 1.54) is 36.4 Å². The molecule has 0 spiro atoms. The highest BCUT2D eigenvalue weighted by Gasteiger charge is 2.39. The molecule has 0 aliphatic carbocycles. The summed E-state index contributed by atoms with van der Waals surface area (Å²) >= 11 is 11.9. The molecule has 0 radical (unpaired) electrons. The number of amides is 2. The maximum absolute atomic E-state index is 13.0. The summed E-state index contributed by atoms with van der Waals surface area (Å²) < 4.78 is 40.2. The number of aromatic nitrogens is 3. The lowest BCUT2D eigenvalue weighted by atomic mass is 10.2. The smallest absolute Gasteiger partial charge is 0.416 e. The van der Waals surface area contributed by atoms with E-state index in [1.807, 2.05) is 0 Å². The van der Waals surface area contributed by atoms with E-state index in [9.17, 15) is 37.8 Å². The Balaban J connectivity index is 1.70. The highest BCUT2D eigenvalue weighted by atomic mass is 35.5. The van der Waals surface area contributed by atoms with E-state index in [-0.39, 0.29) is 41.6 Å². The normalized spacial score (nSPS) is 12.3. The van der Waals surface area contributed by atoms with Crippen LogP contribution < -0.4 is 15.9 Å². The molecular formula is C23H22Cl2F3N5O5. The lowest BCUT2D eigenvalue weighted by Gasteiger charge is -2.20. The van der Waals surface area contributed by atoms with Crippen LogP contribution in [-0.2, 0) is 17.9 Å². The summed E-state index contributed by atoms with van der Waals surface area (Å²) in [6.07, 6.45) is -8.87. The molecule has 1 atom stereocenters. The van der Waals surface area contributed by atoms with E-state index in [0.29, 0.717) is 14.3 Å². The number of nitrogens with zero attached hydrogens (tertiary/aromatic N) is 4. The summed E-state index contributed by atoms with van der Waals surface area (Å²) in [4.78, 5) is 37.9. The lowest BCUT2D eigenvalue weighted by Crippen LogP contribution is -2.39. The molecule has 3 rings (SSSR count). The first-order valence-electron chi connectivity index (χ1n) is 11.1. The molecule has 1 heterocycles. The van der Waals surface area contributed by atoms with E-state index < -0.39 is 43.1 Å². The molecule has 3 N–H and O–H groups in total. The van der Waals surface area contributed by atoms with Crippen LogP contribution in [-0.4, -0.2) is 61.9 Å². The minimum Gasteiger partial charge on any atom is -0.465 e. The number of carbonyl (C=O) groups excluding carboxylic acids is 1. The molecule has 38 heavy (non-hydrogen) atoms. The summed E-state index contributed by atoms with van der Waals surface area (Å²) in [7, 11) is 0. The fourth-order valence-corrected chi connectivity index (χ4v) is 3.81. The Morgan fingerprint density at radius 2 is 1.76 bits per heavy atom. The Labute approximate surface area is 223 Å². The van der Waals surface area contributed by atoms with Crippen molar-refractivity contribution in [2.24, 2.45) is 0 Å². The maximum Gasteiger partial charge on any atom is 0.416 e. The highest BCUT2D eigenvalue weighted by molar-refractivity contribution is 6.33. The van der Waals surface area contributed by atoms with Crippen LogP contribution in [0.5, 0.6) is 0 Å². The van der Waals surface area contributed by atoms with Gasteiger partial charge < -0.3 is 15.5 Å². The predicted octanol–water partition coefficient (Wildman–Crippen LogP) is 3.63. The number of carbonyl (C=O) groups is 2. The molecule has 0 saturated heterocycles. The van der Waals surface area contributed by atoms with E-state index >= 15 is 0 Å². The van der Waals surface area contributed by atoms with Crippen molar-refractivity contribution in [1.82, 2.24) is 19.7 Å². The number of anilines is 1. The third kappa shape index (κ3) is 7.27. The fourth-order valence-electron chi connectivity index (χ4n) is 3.44. The topological polar surface area (TPSA) is 130 Å². The number of alkyl halides is 3. The number of nitrogens with one attached hydrogen (secondary N) is 1. The number of halogens is 5. The van der Waals surface area contributed by atoms with Gasteiger partial charge in [0.05, 0.1) is 17.3 Å². The van der Waals surface area contributed by atoms with Gasteiger partial charge in [-0.3, -0.25) is 14.3 Å². The first kappa shape index (κ1) is 29.0. The Morgan fingerprint density at radius 1 is 1.11 bits per heavy atom. The zero-order chi connectivity index (χ0) is 28.0. The zero-order valence-corrected chi connectivity index (χ0v) is 21.0. The third-order valence-electron chi connectivity index (χ3n) is 5.31. The zero-order valence-electron chi connectivity index (χ0n) is 19.5. The van der Waals surface area contributed by atoms with Crippen molar-refractivity contribution in [1.29, 1.82) is 0 Å². The van der Waals surface area contributed by atoms with Gasteiger partial charge in [0.2, 0.25) is 5.91 Å². The van der Waals surface area contributed by atoms with Crippen molar-refractivity contribution < 1.29 is 33.0 Å². The molecule has 10 nitrogen and oxygen atoms in total. The van der Waals surface area contributed by atoms with Gasteiger partial charge in [-0.25, -0.2) is 14.3 Å². The van der Waals surface area contributed by atoms with Gasteiger partial charge in [-0.05, 0) is 42.8 Å². The first-order chi connectivity index (χ1) is 17.9. The van der Waals surface area contributed by atoms with Crippen LogP contribution in [0.25, 0.3) is 11.4 Å². The van der Waals surface area contributed by atoms with Crippen molar-refractivity contribution in [3.05, 3.63) is 69.1 Å². The minimum atomic E-state index is -4.98. The molecule has 3 aromatic rings. The lowest BCUT2D eigenvalue weighted by molar-refractivity contribution is -0.207. The first-order valence-corrected chi connectivity index (χ1v) is 11.8. The number of carboxylic acid groups (broad SMARTS) is 1. The number of hydrogen-bond acceptors (Lipinski definition) is 5. The van der Waals surface area contributed by atoms with E-state index in [4.69, 9.17) is 23.2 Å². The van der Waals surface area contributed by atoms with Crippen molar-refractivity contribution in [3.8, 4) is 11.4 Å².